The Labute approximate surface area is 272 Å². The number of rotatable bonds is 13. The van der Waals surface area contributed by atoms with Crippen LogP contribution in [0.1, 0.15) is 97.5 Å². The summed E-state index contributed by atoms with van der Waals surface area (Å²) < 4.78 is 18.8. The number of carboxylic acid groups (broad SMARTS) is 1. The Morgan fingerprint density at radius 1 is 0.935 bits per heavy atom. The van der Waals surface area contributed by atoms with Crippen molar-refractivity contribution in [3.63, 3.8) is 0 Å². The van der Waals surface area contributed by atoms with Crippen LogP contribution in [0.25, 0.3) is 0 Å². The van der Waals surface area contributed by atoms with Crippen LogP contribution in [-0.4, -0.2) is 57.8 Å². The van der Waals surface area contributed by atoms with E-state index in [1.54, 1.807) is 0 Å². The number of hydrogen-bond donors (Lipinski definition) is 1. The SMILES string of the molecule is O=C(O)CCc1ccc(OCc2ccc(CN3CCC4(CC3)CC(CCOc3nc(C5CC5)nc5c3CCC5)CCO4)cc2)cc1. The van der Waals surface area contributed by atoms with E-state index in [2.05, 4.69) is 29.2 Å². The van der Waals surface area contributed by atoms with Crippen molar-refractivity contribution in [3.8, 4) is 11.6 Å². The molecule has 3 fully saturated rings. The summed E-state index contributed by atoms with van der Waals surface area (Å²) in [6.45, 7) is 5.19. The number of carboxylic acids is 1. The number of nitrogens with zero attached hydrogens (tertiary/aromatic N) is 3. The highest BCUT2D eigenvalue weighted by atomic mass is 16.5. The van der Waals surface area contributed by atoms with E-state index < -0.39 is 5.97 Å². The smallest absolute Gasteiger partial charge is 0.303 e. The summed E-state index contributed by atoms with van der Waals surface area (Å²) in [4.78, 5) is 23.1. The summed E-state index contributed by atoms with van der Waals surface area (Å²) in [6.07, 6.45) is 11.9. The third kappa shape index (κ3) is 7.89. The minimum atomic E-state index is -0.777. The predicted molar refractivity (Wildman–Crippen MR) is 175 cm³/mol. The van der Waals surface area contributed by atoms with Crippen molar-refractivity contribution in [1.82, 2.24) is 14.9 Å². The molecule has 3 aromatic rings. The highest BCUT2D eigenvalue weighted by molar-refractivity contribution is 5.67. The highest BCUT2D eigenvalue weighted by Gasteiger charge is 2.40. The van der Waals surface area contributed by atoms with Gasteiger partial charge < -0.3 is 19.3 Å². The molecule has 1 N–H and O–H groups in total. The Balaban J connectivity index is 0.838. The van der Waals surface area contributed by atoms with Gasteiger partial charge in [0, 0.05) is 44.1 Å². The van der Waals surface area contributed by atoms with Crippen molar-refractivity contribution in [3.05, 3.63) is 82.3 Å². The lowest BCUT2D eigenvalue weighted by molar-refractivity contribution is -0.137. The fraction of sp³-hybridized carbons (Fsp3) is 0.553. The zero-order chi connectivity index (χ0) is 31.3. The Morgan fingerprint density at radius 3 is 2.46 bits per heavy atom. The van der Waals surface area contributed by atoms with E-state index in [4.69, 9.17) is 29.3 Å². The maximum absolute atomic E-state index is 10.8. The summed E-state index contributed by atoms with van der Waals surface area (Å²) in [5, 5.41) is 8.86. The van der Waals surface area contributed by atoms with Gasteiger partial charge in [-0.3, -0.25) is 9.69 Å². The fourth-order valence-electron chi connectivity index (χ4n) is 7.39. The molecule has 244 valence electrons. The monoisotopic (exact) mass is 625 g/mol. The molecule has 7 rings (SSSR count). The molecule has 0 amide bonds. The van der Waals surface area contributed by atoms with Crippen molar-refractivity contribution in [2.45, 2.75) is 102 Å². The second-order valence-electron chi connectivity index (χ2n) is 13.9. The molecule has 46 heavy (non-hydrogen) atoms. The van der Waals surface area contributed by atoms with Crippen LogP contribution in [0, 0.1) is 5.92 Å². The molecule has 2 aromatic carbocycles. The number of aromatic nitrogens is 2. The molecule has 0 bridgehead atoms. The predicted octanol–water partition coefficient (Wildman–Crippen LogP) is 6.67. The number of benzene rings is 2. The van der Waals surface area contributed by atoms with E-state index in [-0.39, 0.29) is 12.0 Å². The van der Waals surface area contributed by atoms with Crippen molar-refractivity contribution in [2.24, 2.45) is 5.92 Å². The van der Waals surface area contributed by atoms with Gasteiger partial charge in [0.1, 0.15) is 18.2 Å². The number of ether oxygens (including phenoxy) is 3. The average Bonchev–Trinajstić information content (AvgIpc) is 3.82. The van der Waals surface area contributed by atoms with Crippen LogP contribution in [0.4, 0.5) is 0 Å². The number of hydrogen-bond acceptors (Lipinski definition) is 7. The van der Waals surface area contributed by atoms with Gasteiger partial charge in [-0.05, 0) is 105 Å². The summed E-state index contributed by atoms with van der Waals surface area (Å²) in [5.74, 6) is 3.11. The molecule has 1 unspecified atom stereocenters. The molecular formula is C38H47N3O5. The Hall–Kier alpha value is -3.49. The lowest BCUT2D eigenvalue weighted by atomic mass is 9.78. The van der Waals surface area contributed by atoms with Crippen LogP contribution in [0.2, 0.25) is 0 Å². The summed E-state index contributed by atoms with van der Waals surface area (Å²) >= 11 is 0. The molecule has 2 aliphatic carbocycles. The van der Waals surface area contributed by atoms with Crippen LogP contribution < -0.4 is 9.47 Å². The second-order valence-corrected chi connectivity index (χ2v) is 13.9. The van der Waals surface area contributed by atoms with E-state index in [9.17, 15) is 4.79 Å². The minimum Gasteiger partial charge on any atom is -0.489 e. The molecule has 1 spiro atoms. The maximum atomic E-state index is 10.8. The van der Waals surface area contributed by atoms with Crippen LogP contribution in [-0.2, 0) is 41.9 Å². The van der Waals surface area contributed by atoms with Gasteiger partial charge in [0.2, 0.25) is 5.88 Å². The van der Waals surface area contributed by atoms with E-state index in [0.29, 0.717) is 24.9 Å². The number of aryl methyl sites for hydroxylation is 2. The highest BCUT2D eigenvalue weighted by Crippen LogP contribution is 2.41. The lowest BCUT2D eigenvalue weighted by Crippen LogP contribution is -2.49. The standard InChI is InChI=1S/C38H47N3O5/c42-35(43)15-10-27-8-13-32(14-9-27)45-26-30-6-4-29(5-7-30)25-41-20-18-38(19-21-41)24-28(17-23-46-38)16-22-44-37-33-2-1-3-34(33)39-36(40-37)31-11-12-31/h4-9,13-14,28,31H,1-3,10-12,15-26H2,(H,42,43). The quantitative estimate of drug-likeness (QED) is 0.225. The maximum Gasteiger partial charge on any atom is 0.303 e. The third-order valence-corrected chi connectivity index (χ3v) is 10.4. The second kappa shape index (κ2) is 14.1. The Bertz CT molecular complexity index is 1480. The first kappa shape index (κ1) is 31.1. The van der Waals surface area contributed by atoms with Gasteiger partial charge in [-0.2, -0.15) is 4.98 Å². The van der Waals surface area contributed by atoms with E-state index in [0.717, 1.165) is 106 Å². The molecule has 8 nitrogen and oxygen atoms in total. The first-order valence-electron chi connectivity index (χ1n) is 17.4. The van der Waals surface area contributed by atoms with Gasteiger partial charge in [-0.15, -0.1) is 0 Å². The molecule has 1 saturated carbocycles. The van der Waals surface area contributed by atoms with Gasteiger partial charge in [-0.25, -0.2) is 4.98 Å². The normalized spacial score (nSPS) is 20.8. The van der Waals surface area contributed by atoms with Crippen LogP contribution in [0.15, 0.2) is 48.5 Å². The molecule has 2 saturated heterocycles. The summed E-state index contributed by atoms with van der Waals surface area (Å²) in [6, 6.07) is 16.4. The minimum absolute atomic E-state index is 0.0182. The van der Waals surface area contributed by atoms with Crippen LogP contribution in [0.5, 0.6) is 11.6 Å². The third-order valence-electron chi connectivity index (χ3n) is 10.4. The van der Waals surface area contributed by atoms with Crippen molar-refractivity contribution in [1.29, 1.82) is 0 Å². The first-order valence-corrected chi connectivity index (χ1v) is 17.4. The Kier molecular flexibility index (Phi) is 9.54. The van der Waals surface area contributed by atoms with Crippen LogP contribution in [0.3, 0.4) is 0 Å². The molecule has 2 aliphatic heterocycles. The fourth-order valence-corrected chi connectivity index (χ4v) is 7.39. The van der Waals surface area contributed by atoms with E-state index in [1.165, 1.54) is 36.1 Å². The number of aliphatic carboxylic acids is 1. The van der Waals surface area contributed by atoms with E-state index in [1.807, 2.05) is 24.3 Å². The Morgan fingerprint density at radius 2 is 1.70 bits per heavy atom. The number of likely N-dealkylation sites (tertiary alicyclic amines) is 1. The topological polar surface area (TPSA) is 94.0 Å². The number of fused-ring (bicyclic) bond motifs is 1. The molecule has 4 aliphatic rings. The van der Waals surface area contributed by atoms with Crippen molar-refractivity contribution >= 4 is 5.97 Å². The van der Waals surface area contributed by atoms with Gasteiger partial charge in [-0.1, -0.05) is 36.4 Å². The first-order chi connectivity index (χ1) is 22.5. The van der Waals surface area contributed by atoms with Gasteiger partial charge in [0.25, 0.3) is 0 Å². The summed E-state index contributed by atoms with van der Waals surface area (Å²) in [5.41, 5.74) is 5.98. The zero-order valence-corrected chi connectivity index (χ0v) is 26.9. The van der Waals surface area contributed by atoms with Gasteiger partial charge in [0.05, 0.1) is 17.9 Å². The molecular weight excluding hydrogens is 578 g/mol. The van der Waals surface area contributed by atoms with E-state index >= 15 is 0 Å². The van der Waals surface area contributed by atoms with Gasteiger partial charge >= 0.3 is 5.97 Å². The average molecular weight is 626 g/mol. The van der Waals surface area contributed by atoms with Gasteiger partial charge in [0.15, 0.2) is 0 Å². The summed E-state index contributed by atoms with van der Waals surface area (Å²) in [7, 11) is 0. The largest absolute Gasteiger partial charge is 0.489 e. The molecule has 1 atom stereocenters. The molecule has 8 heteroatoms. The zero-order valence-electron chi connectivity index (χ0n) is 26.9. The molecule has 0 radical (unpaired) electrons. The number of piperidine rings is 1. The van der Waals surface area contributed by atoms with Crippen molar-refractivity contribution in [2.75, 3.05) is 26.3 Å². The van der Waals surface area contributed by atoms with Crippen molar-refractivity contribution < 1.29 is 24.1 Å². The molecule has 1 aromatic heterocycles. The van der Waals surface area contributed by atoms with Crippen LogP contribution >= 0.6 is 0 Å². The number of carbonyl (C=O) groups is 1. The molecule has 3 heterocycles. The lowest BCUT2D eigenvalue weighted by Gasteiger charge is -2.46.